The smallest absolute Gasteiger partial charge is 0.200 e. The van der Waals surface area contributed by atoms with Gasteiger partial charge in [-0.2, -0.15) is 0 Å². The molecule has 3 nitrogen and oxygen atoms in total. The largest absolute Gasteiger partial charge is 0.413 e. The van der Waals surface area contributed by atoms with Crippen LogP contribution in [0.25, 0.3) is 0 Å². The summed E-state index contributed by atoms with van der Waals surface area (Å²) in [5.41, 5.74) is 1.99. The lowest BCUT2D eigenvalue weighted by molar-refractivity contribution is 0.0928. The van der Waals surface area contributed by atoms with E-state index < -0.39 is 16.6 Å². The van der Waals surface area contributed by atoms with Gasteiger partial charge in [0.2, 0.25) is 8.32 Å². The predicted octanol–water partition coefficient (Wildman–Crippen LogP) is 7.01. The van der Waals surface area contributed by atoms with E-state index in [0.717, 1.165) is 13.2 Å². The Bertz CT molecular complexity index is 436. The number of hydrogen-bond donors (Lipinski definition) is 0. The zero-order chi connectivity index (χ0) is 21.2. The first-order valence-corrected chi connectivity index (χ1v) is 16.2. The normalized spacial score (nSPS) is 22.7. The van der Waals surface area contributed by atoms with Crippen LogP contribution in [0.2, 0.25) is 34.8 Å². The van der Waals surface area contributed by atoms with Crippen molar-refractivity contribution in [2.24, 2.45) is 0 Å². The summed E-state index contributed by atoms with van der Waals surface area (Å²) in [4.78, 5) is 2.44. The van der Waals surface area contributed by atoms with Crippen LogP contribution in [0.15, 0.2) is 0 Å². The van der Waals surface area contributed by atoms with Crippen molar-refractivity contribution in [2.75, 3.05) is 13.8 Å². The van der Waals surface area contributed by atoms with Crippen molar-refractivity contribution in [3.05, 3.63) is 0 Å². The first-order chi connectivity index (χ1) is 12.1. The van der Waals surface area contributed by atoms with Gasteiger partial charge >= 0.3 is 0 Å². The van der Waals surface area contributed by atoms with Crippen molar-refractivity contribution in [2.45, 2.75) is 128 Å². The fourth-order valence-corrected chi connectivity index (χ4v) is 11.3. The van der Waals surface area contributed by atoms with Crippen molar-refractivity contribution in [1.82, 2.24) is 4.90 Å². The maximum atomic E-state index is 7.04. The van der Waals surface area contributed by atoms with Gasteiger partial charge in [-0.25, -0.2) is 0 Å². The molecule has 1 fully saturated rings. The van der Waals surface area contributed by atoms with E-state index in [4.69, 9.17) is 8.85 Å². The Hall–Kier alpha value is 0.314. The predicted molar refractivity (Wildman–Crippen MR) is 124 cm³/mol. The molecule has 0 radical (unpaired) electrons. The first kappa shape index (κ1) is 25.4. The molecule has 1 aliphatic carbocycles. The number of hydrogen-bond acceptors (Lipinski definition) is 3. The molecule has 2 atom stereocenters. The zero-order valence-corrected chi connectivity index (χ0v) is 22.5. The van der Waals surface area contributed by atoms with Gasteiger partial charge in [0.15, 0.2) is 8.32 Å². The molecule has 0 aliphatic heterocycles. The van der Waals surface area contributed by atoms with E-state index in [1.807, 2.05) is 0 Å². The Morgan fingerprint density at radius 2 is 1.41 bits per heavy atom. The molecule has 1 rings (SSSR count). The lowest BCUT2D eigenvalue weighted by Crippen LogP contribution is -2.50. The summed E-state index contributed by atoms with van der Waals surface area (Å²) in [6.45, 7) is 26.7. The first-order valence-electron chi connectivity index (χ1n) is 11.2. The van der Waals surface area contributed by atoms with Crippen LogP contribution < -0.4 is 0 Å². The van der Waals surface area contributed by atoms with E-state index in [9.17, 15) is 0 Å². The quantitative estimate of drug-likeness (QED) is 0.298. The van der Waals surface area contributed by atoms with Crippen molar-refractivity contribution >= 4 is 16.6 Å². The summed E-state index contributed by atoms with van der Waals surface area (Å²) in [5.74, 6) is 0. The summed E-state index contributed by atoms with van der Waals surface area (Å²) in [6.07, 6.45) is 4.04. The summed E-state index contributed by atoms with van der Waals surface area (Å²) < 4.78 is 13.5. The zero-order valence-electron chi connectivity index (χ0n) is 20.5. The molecule has 0 saturated heterocycles. The second kappa shape index (κ2) is 9.42. The molecular weight excluding hydrogens is 366 g/mol. The molecule has 0 aromatic heterocycles. The molecule has 0 bridgehead atoms. The molecule has 27 heavy (non-hydrogen) atoms. The minimum Gasteiger partial charge on any atom is -0.413 e. The van der Waals surface area contributed by atoms with Crippen molar-refractivity contribution < 1.29 is 8.85 Å². The van der Waals surface area contributed by atoms with E-state index in [0.29, 0.717) is 28.8 Å². The number of rotatable bonds is 9. The molecule has 0 N–H and O–H groups in total. The maximum absolute atomic E-state index is 7.04. The molecule has 0 aromatic carbocycles. The SMILES string of the molecule is CC(C)[Si](OC1CCC(N(C)CO[Si](C)(C)C(C)(C)C)C1)(C(C)C)C(C)C. The highest BCUT2D eigenvalue weighted by atomic mass is 28.4. The van der Waals surface area contributed by atoms with Gasteiger partial charge in [0.05, 0.1) is 6.73 Å². The molecular formula is C22H49NO2Si2. The molecule has 2 unspecified atom stereocenters. The van der Waals surface area contributed by atoms with E-state index in [-0.39, 0.29) is 5.04 Å². The monoisotopic (exact) mass is 415 g/mol. The molecule has 5 heteroatoms. The van der Waals surface area contributed by atoms with E-state index in [1.165, 1.54) is 12.8 Å². The highest BCUT2D eigenvalue weighted by molar-refractivity contribution is 6.77. The van der Waals surface area contributed by atoms with Gasteiger partial charge in [-0.05, 0) is 61.1 Å². The van der Waals surface area contributed by atoms with Gasteiger partial charge in [-0.3, -0.25) is 4.90 Å². The molecule has 0 aromatic rings. The minimum atomic E-state index is -1.77. The van der Waals surface area contributed by atoms with Crippen LogP contribution in [0, 0.1) is 0 Å². The number of nitrogens with zero attached hydrogens (tertiary/aromatic N) is 1. The lowest BCUT2D eigenvalue weighted by atomic mass is 10.2. The molecule has 1 saturated carbocycles. The van der Waals surface area contributed by atoms with Gasteiger partial charge in [0, 0.05) is 12.1 Å². The molecule has 0 heterocycles. The van der Waals surface area contributed by atoms with Crippen LogP contribution >= 0.6 is 0 Å². The second-order valence-electron chi connectivity index (χ2n) is 11.3. The van der Waals surface area contributed by atoms with Crippen molar-refractivity contribution in [3.8, 4) is 0 Å². The summed E-state index contributed by atoms with van der Waals surface area (Å²) in [7, 11) is -1.22. The third kappa shape index (κ3) is 5.91. The van der Waals surface area contributed by atoms with Gasteiger partial charge in [0.1, 0.15) is 0 Å². The lowest BCUT2D eigenvalue weighted by Gasteiger charge is -2.44. The Kier molecular flexibility index (Phi) is 8.84. The molecule has 0 amide bonds. The third-order valence-corrected chi connectivity index (χ3v) is 18.1. The molecule has 1 aliphatic rings. The minimum absolute atomic E-state index is 0.270. The van der Waals surface area contributed by atoms with Crippen LogP contribution in [-0.4, -0.2) is 47.5 Å². The standard InChI is InChI=1S/C22H49NO2Si2/c1-17(2)27(18(3)4,19(5)6)25-21-14-13-20(15-21)23(10)16-24-26(11,12)22(7,8)9/h17-21H,13-16H2,1-12H3. The highest BCUT2D eigenvalue weighted by Crippen LogP contribution is 2.45. The van der Waals surface area contributed by atoms with Gasteiger partial charge in [-0.15, -0.1) is 0 Å². The van der Waals surface area contributed by atoms with Crippen LogP contribution in [0.5, 0.6) is 0 Å². The third-order valence-electron chi connectivity index (χ3n) is 7.49. The Morgan fingerprint density at radius 3 is 1.81 bits per heavy atom. The Labute approximate surface area is 172 Å². The maximum Gasteiger partial charge on any atom is 0.200 e. The van der Waals surface area contributed by atoms with E-state index in [1.54, 1.807) is 0 Å². The van der Waals surface area contributed by atoms with E-state index in [2.05, 4.69) is 87.4 Å². The van der Waals surface area contributed by atoms with E-state index >= 15 is 0 Å². The Balaban J connectivity index is 2.69. The van der Waals surface area contributed by atoms with Gasteiger partial charge < -0.3 is 8.85 Å². The van der Waals surface area contributed by atoms with Crippen LogP contribution in [0.1, 0.15) is 81.6 Å². The Morgan fingerprint density at radius 1 is 0.926 bits per heavy atom. The summed E-state index contributed by atoms with van der Waals surface area (Å²) in [5, 5.41) is 0.270. The molecule has 0 spiro atoms. The summed E-state index contributed by atoms with van der Waals surface area (Å²) >= 11 is 0. The second-order valence-corrected chi connectivity index (χ2v) is 21.5. The topological polar surface area (TPSA) is 21.7 Å². The summed E-state index contributed by atoms with van der Waals surface area (Å²) in [6, 6.07) is 0.595. The highest BCUT2D eigenvalue weighted by Gasteiger charge is 2.47. The van der Waals surface area contributed by atoms with Crippen LogP contribution in [0.4, 0.5) is 0 Å². The average molecular weight is 416 g/mol. The van der Waals surface area contributed by atoms with Crippen LogP contribution in [-0.2, 0) is 8.85 Å². The van der Waals surface area contributed by atoms with Gasteiger partial charge in [-0.1, -0.05) is 62.3 Å². The van der Waals surface area contributed by atoms with Crippen LogP contribution in [0.3, 0.4) is 0 Å². The van der Waals surface area contributed by atoms with Crippen molar-refractivity contribution in [3.63, 3.8) is 0 Å². The van der Waals surface area contributed by atoms with Gasteiger partial charge in [0.25, 0.3) is 0 Å². The molecule has 162 valence electrons. The van der Waals surface area contributed by atoms with Crippen molar-refractivity contribution in [1.29, 1.82) is 0 Å². The fourth-order valence-electron chi connectivity index (χ4n) is 4.71. The fraction of sp³-hybridized carbons (Fsp3) is 1.00. The average Bonchev–Trinajstić information content (AvgIpc) is 2.96.